The quantitative estimate of drug-likeness (QED) is 0.201. The van der Waals surface area contributed by atoms with Crippen molar-refractivity contribution in [2.45, 2.75) is 0 Å². The Hall–Kier alpha value is -6.32. The van der Waals surface area contributed by atoms with E-state index in [2.05, 4.69) is 163 Å². The second-order valence-electron chi connectivity index (χ2n) is 12.2. The van der Waals surface area contributed by atoms with E-state index in [0.29, 0.717) is 0 Å². The Morgan fingerprint density at radius 1 is 0.340 bits per heavy atom. The first-order valence-corrected chi connectivity index (χ1v) is 15.9. The van der Waals surface area contributed by atoms with Crippen molar-refractivity contribution in [3.63, 3.8) is 0 Å². The Bertz CT molecular complexity index is 2790. The van der Waals surface area contributed by atoms with Crippen molar-refractivity contribution in [3.8, 4) is 11.1 Å². The largest absolute Gasteiger partial charge is 0.456 e. The molecule has 3 heteroatoms. The Kier molecular flexibility index (Phi) is 5.57. The molecule has 47 heavy (non-hydrogen) atoms. The van der Waals surface area contributed by atoms with Gasteiger partial charge in [0.05, 0.1) is 11.4 Å². The lowest BCUT2D eigenvalue weighted by molar-refractivity contribution is 0.668. The molecule has 0 spiro atoms. The van der Waals surface area contributed by atoms with Gasteiger partial charge in [-0.2, -0.15) is 0 Å². The molecule has 0 bridgehead atoms. The standard InChI is InChI=1S/C44H27NO2/c1-2-9-28(10-3-1)29-17-19-34(20-18-29)45(35-21-22-36-38-23-30-11-4-6-13-32(30)25-41(38)46-43(36)27-35)40-16-8-15-37-39-24-31-12-5-7-14-33(31)26-42(39)47-44(37)40/h1-27H. The Morgan fingerprint density at radius 2 is 0.894 bits per heavy atom. The summed E-state index contributed by atoms with van der Waals surface area (Å²) in [5.41, 5.74) is 8.82. The number of hydrogen-bond acceptors (Lipinski definition) is 3. The third-order valence-corrected chi connectivity index (χ3v) is 9.40. The van der Waals surface area contributed by atoms with Gasteiger partial charge in [0, 0.05) is 33.3 Å². The number of furan rings is 2. The summed E-state index contributed by atoms with van der Waals surface area (Å²) in [6.45, 7) is 0. The van der Waals surface area contributed by atoms with Gasteiger partial charge < -0.3 is 13.7 Å². The Labute approximate surface area is 270 Å². The number of fused-ring (bicyclic) bond motifs is 8. The van der Waals surface area contributed by atoms with Crippen LogP contribution < -0.4 is 4.90 Å². The number of nitrogens with zero attached hydrogens (tertiary/aromatic N) is 1. The third kappa shape index (κ3) is 4.14. The SMILES string of the molecule is c1ccc(-c2ccc(N(c3ccc4c(c3)oc3cc5ccccc5cc34)c3cccc4c3oc3cc5ccccc5cc34)cc2)cc1. The van der Waals surface area contributed by atoms with E-state index in [0.717, 1.165) is 66.3 Å². The average Bonchev–Trinajstić information content (AvgIpc) is 3.67. The third-order valence-electron chi connectivity index (χ3n) is 9.40. The highest BCUT2D eigenvalue weighted by Gasteiger charge is 2.21. The molecule has 0 atom stereocenters. The first-order chi connectivity index (χ1) is 23.3. The van der Waals surface area contributed by atoms with E-state index < -0.39 is 0 Å². The van der Waals surface area contributed by atoms with E-state index in [1.54, 1.807) is 0 Å². The van der Waals surface area contributed by atoms with Crippen LogP contribution in [-0.4, -0.2) is 0 Å². The van der Waals surface area contributed by atoms with Gasteiger partial charge in [-0.3, -0.25) is 0 Å². The summed E-state index contributed by atoms with van der Waals surface area (Å²) < 4.78 is 13.3. The summed E-state index contributed by atoms with van der Waals surface area (Å²) in [6, 6.07) is 57.8. The molecule has 2 heterocycles. The monoisotopic (exact) mass is 601 g/mol. The van der Waals surface area contributed by atoms with E-state index in [-0.39, 0.29) is 0 Å². The summed E-state index contributed by atoms with van der Waals surface area (Å²) >= 11 is 0. The minimum absolute atomic E-state index is 0.848. The molecule has 8 aromatic carbocycles. The van der Waals surface area contributed by atoms with Crippen molar-refractivity contribution < 1.29 is 8.83 Å². The number of benzene rings is 8. The zero-order valence-corrected chi connectivity index (χ0v) is 25.4. The van der Waals surface area contributed by atoms with Gasteiger partial charge in [0.25, 0.3) is 0 Å². The van der Waals surface area contributed by atoms with Gasteiger partial charge in [0.1, 0.15) is 16.7 Å². The lowest BCUT2D eigenvalue weighted by Crippen LogP contribution is -2.10. The summed E-state index contributed by atoms with van der Waals surface area (Å²) in [6.07, 6.45) is 0. The summed E-state index contributed by atoms with van der Waals surface area (Å²) in [5.74, 6) is 0. The van der Waals surface area contributed by atoms with Crippen molar-refractivity contribution in [1.29, 1.82) is 0 Å². The molecule has 10 rings (SSSR count). The van der Waals surface area contributed by atoms with Crippen LogP contribution in [0.25, 0.3) is 76.5 Å². The van der Waals surface area contributed by atoms with Gasteiger partial charge in [-0.05, 0) is 87.3 Å². The molecule has 0 aliphatic carbocycles. The first kappa shape index (κ1) is 26.0. The molecule has 0 N–H and O–H groups in total. The van der Waals surface area contributed by atoms with Crippen LogP contribution in [0.2, 0.25) is 0 Å². The minimum Gasteiger partial charge on any atom is -0.456 e. The van der Waals surface area contributed by atoms with E-state index in [1.165, 1.54) is 27.3 Å². The fourth-order valence-corrected chi connectivity index (χ4v) is 7.10. The minimum atomic E-state index is 0.848. The number of rotatable bonds is 4. The van der Waals surface area contributed by atoms with Crippen molar-refractivity contribution in [1.82, 2.24) is 0 Å². The topological polar surface area (TPSA) is 29.5 Å². The van der Waals surface area contributed by atoms with Gasteiger partial charge in [-0.15, -0.1) is 0 Å². The van der Waals surface area contributed by atoms with Crippen LogP contribution in [0.4, 0.5) is 17.1 Å². The lowest BCUT2D eigenvalue weighted by Gasteiger charge is -2.25. The predicted molar refractivity (Wildman–Crippen MR) is 196 cm³/mol. The fourth-order valence-electron chi connectivity index (χ4n) is 7.10. The van der Waals surface area contributed by atoms with E-state index >= 15 is 0 Å². The highest BCUT2D eigenvalue weighted by atomic mass is 16.3. The van der Waals surface area contributed by atoms with Gasteiger partial charge in [-0.1, -0.05) is 103 Å². The van der Waals surface area contributed by atoms with Crippen LogP contribution in [-0.2, 0) is 0 Å². The molecule has 3 nitrogen and oxygen atoms in total. The molecule has 0 saturated carbocycles. The van der Waals surface area contributed by atoms with Crippen LogP contribution in [0.1, 0.15) is 0 Å². The molecule has 0 fully saturated rings. The van der Waals surface area contributed by atoms with Gasteiger partial charge >= 0.3 is 0 Å². The normalized spacial score (nSPS) is 11.8. The molecular formula is C44H27NO2. The van der Waals surface area contributed by atoms with Crippen molar-refractivity contribution in [3.05, 3.63) is 164 Å². The fraction of sp³-hybridized carbons (Fsp3) is 0. The summed E-state index contributed by atoms with van der Waals surface area (Å²) in [5, 5.41) is 9.16. The van der Waals surface area contributed by atoms with E-state index in [9.17, 15) is 0 Å². The zero-order chi connectivity index (χ0) is 30.9. The second-order valence-corrected chi connectivity index (χ2v) is 12.2. The van der Waals surface area contributed by atoms with E-state index in [4.69, 9.17) is 8.83 Å². The van der Waals surface area contributed by atoms with Crippen LogP contribution in [0.5, 0.6) is 0 Å². The molecule has 0 amide bonds. The molecule has 0 unspecified atom stereocenters. The number of anilines is 3. The lowest BCUT2D eigenvalue weighted by atomic mass is 10.0. The molecule has 220 valence electrons. The maximum Gasteiger partial charge on any atom is 0.159 e. The van der Waals surface area contributed by atoms with E-state index in [1.807, 2.05) is 6.07 Å². The molecule has 2 aromatic heterocycles. The smallest absolute Gasteiger partial charge is 0.159 e. The molecular weight excluding hydrogens is 574 g/mol. The Balaban J connectivity index is 1.20. The van der Waals surface area contributed by atoms with Crippen LogP contribution in [0.15, 0.2) is 173 Å². The highest BCUT2D eigenvalue weighted by Crippen LogP contribution is 2.44. The maximum absolute atomic E-state index is 6.72. The number of hydrogen-bond donors (Lipinski definition) is 0. The molecule has 0 aliphatic rings. The van der Waals surface area contributed by atoms with Crippen LogP contribution in [0.3, 0.4) is 0 Å². The highest BCUT2D eigenvalue weighted by molar-refractivity contribution is 6.14. The van der Waals surface area contributed by atoms with Gasteiger partial charge in [0.2, 0.25) is 0 Å². The van der Waals surface area contributed by atoms with Gasteiger partial charge in [-0.25, -0.2) is 0 Å². The molecule has 0 saturated heterocycles. The predicted octanol–water partition coefficient (Wildman–Crippen LogP) is 12.9. The molecule has 0 aliphatic heterocycles. The van der Waals surface area contributed by atoms with Crippen LogP contribution in [0, 0.1) is 0 Å². The molecule has 0 radical (unpaired) electrons. The summed E-state index contributed by atoms with van der Waals surface area (Å²) in [4.78, 5) is 2.28. The second kappa shape index (κ2) is 10.1. The Morgan fingerprint density at radius 3 is 1.60 bits per heavy atom. The van der Waals surface area contributed by atoms with Crippen LogP contribution >= 0.6 is 0 Å². The average molecular weight is 602 g/mol. The maximum atomic E-state index is 6.72. The number of para-hydroxylation sites is 1. The zero-order valence-electron chi connectivity index (χ0n) is 25.4. The van der Waals surface area contributed by atoms with Crippen molar-refractivity contribution in [2.24, 2.45) is 0 Å². The van der Waals surface area contributed by atoms with Gasteiger partial charge in [0.15, 0.2) is 5.58 Å². The first-order valence-electron chi connectivity index (χ1n) is 15.9. The molecule has 10 aromatic rings. The summed E-state index contributed by atoms with van der Waals surface area (Å²) in [7, 11) is 0. The van der Waals surface area contributed by atoms with Crippen molar-refractivity contribution in [2.75, 3.05) is 4.90 Å². The van der Waals surface area contributed by atoms with Crippen molar-refractivity contribution >= 4 is 82.5 Å².